The van der Waals surface area contributed by atoms with Crippen molar-refractivity contribution in [2.75, 3.05) is 5.32 Å². The number of carbonyl (C=O) groups is 1. The van der Waals surface area contributed by atoms with Gasteiger partial charge in [-0.05, 0) is 51.9 Å². The molecule has 0 spiro atoms. The van der Waals surface area contributed by atoms with Crippen LogP contribution in [-0.2, 0) is 17.6 Å². The summed E-state index contributed by atoms with van der Waals surface area (Å²) in [5, 5.41) is 8.50. The van der Waals surface area contributed by atoms with Gasteiger partial charge in [-0.25, -0.2) is 0 Å². The second-order valence-corrected chi connectivity index (χ2v) is 7.85. The van der Waals surface area contributed by atoms with Crippen molar-refractivity contribution >= 4 is 33.0 Å². The van der Waals surface area contributed by atoms with E-state index in [1.165, 1.54) is 27.5 Å². The van der Waals surface area contributed by atoms with Gasteiger partial charge in [0, 0.05) is 11.8 Å². The van der Waals surface area contributed by atoms with Crippen LogP contribution in [0.2, 0.25) is 0 Å². The van der Waals surface area contributed by atoms with E-state index in [1.807, 2.05) is 12.1 Å². The molecule has 140 valence electrons. The lowest BCUT2D eigenvalue weighted by Gasteiger charge is -2.07. The third kappa shape index (κ3) is 4.15. The van der Waals surface area contributed by atoms with Gasteiger partial charge in [-0.15, -0.1) is 11.3 Å². The summed E-state index contributed by atoms with van der Waals surface area (Å²) in [7, 11) is 0. The largest absolute Gasteiger partial charge is 0.318 e. The number of anilines is 1. The molecule has 0 fully saturated rings. The molecule has 2 nitrogen and oxygen atoms in total. The van der Waals surface area contributed by atoms with E-state index < -0.39 is 0 Å². The summed E-state index contributed by atoms with van der Waals surface area (Å²) >= 11 is 1.57. The van der Waals surface area contributed by atoms with E-state index in [0.29, 0.717) is 6.42 Å². The minimum atomic E-state index is 0.0580. The zero-order valence-electron chi connectivity index (χ0n) is 15.9. The van der Waals surface area contributed by atoms with E-state index in [2.05, 4.69) is 78.3 Å². The first-order valence-electron chi connectivity index (χ1n) is 9.67. The number of amides is 1. The van der Waals surface area contributed by atoms with Crippen LogP contribution in [0.15, 0.2) is 78.2 Å². The van der Waals surface area contributed by atoms with Crippen molar-refractivity contribution in [3.63, 3.8) is 0 Å². The van der Waals surface area contributed by atoms with Crippen LogP contribution in [0.25, 0.3) is 21.9 Å². The third-order valence-corrected chi connectivity index (χ3v) is 5.90. The Morgan fingerprint density at radius 3 is 2.54 bits per heavy atom. The molecule has 0 unspecified atom stereocenters. The number of hydrogen-bond donors (Lipinski definition) is 1. The maximum atomic E-state index is 12.4. The summed E-state index contributed by atoms with van der Waals surface area (Å²) in [6.07, 6.45) is 2.26. The van der Waals surface area contributed by atoms with Crippen molar-refractivity contribution in [3.05, 3.63) is 89.3 Å². The highest BCUT2D eigenvalue weighted by Gasteiger charge is 2.08. The molecule has 0 aliphatic heterocycles. The Kier molecular flexibility index (Phi) is 5.54. The lowest BCUT2D eigenvalue weighted by molar-refractivity contribution is -0.116. The summed E-state index contributed by atoms with van der Waals surface area (Å²) in [5.41, 5.74) is 4.89. The molecule has 0 bridgehead atoms. The van der Waals surface area contributed by atoms with Crippen LogP contribution in [0.1, 0.15) is 24.5 Å². The zero-order chi connectivity index (χ0) is 19.3. The Morgan fingerprint density at radius 1 is 0.929 bits per heavy atom. The fourth-order valence-corrected chi connectivity index (χ4v) is 4.27. The Morgan fingerprint density at radius 2 is 1.71 bits per heavy atom. The van der Waals surface area contributed by atoms with Gasteiger partial charge in [0.2, 0.25) is 5.91 Å². The van der Waals surface area contributed by atoms with Gasteiger partial charge in [-0.1, -0.05) is 73.7 Å². The van der Waals surface area contributed by atoms with Crippen molar-refractivity contribution in [3.8, 4) is 11.1 Å². The standard InChI is InChI=1S/C25H23NOS/c1-2-18-10-12-19(13-11-18)22-16-25(28-17-22)26-24(27)15-14-21-8-5-7-20-6-3-4-9-23(20)21/h3-13,16-17H,2,14-15H2,1H3,(H,26,27). The first-order chi connectivity index (χ1) is 13.7. The van der Waals surface area contributed by atoms with E-state index in [1.54, 1.807) is 11.3 Å². The molecule has 0 radical (unpaired) electrons. The monoisotopic (exact) mass is 385 g/mol. The van der Waals surface area contributed by atoms with Crippen LogP contribution in [-0.4, -0.2) is 5.91 Å². The quantitative estimate of drug-likeness (QED) is 0.393. The lowest BCUT2D eigenvalue weighted by Crippen LogP contribution is -2.11. The van der Waals surface area contributed by atoms with Crippen molar-refractivity contribution in [1.29, 1.82) is 0 Å². The average molecular weight is 386 g/mol. The fourth-order valence-electron chi connectivity index (χ4n) is 3.44. The predicted molar refractivity (Wildman–Crippen MR) is 120 cm³/mol. The van der Waals surface area contributed by atoms with Gasteiger partial charge in [0.25, 0.3) is 0 Å². The van der Waals surface area contributed by atoms with Gasteiger partial charge >= 0.3 is 0 Å². The van der Waals surface area contributed by atoms with Gasteiger partial charge < -0.3 is 5.32 Å². The number of aryl methyl sites for hydroxylation is 2. The number of benzene rings is 3. The molecule has 1 heterocycles. The van der Waals surface area contributed by atoms with Crippen LogP contribution in [0.4, 0.5) is 5.00 Å². The zero-order valence-corrected chi connectivity index (χ0v) is 16.8. The first kappa shape index (κ1) is 18.5. The van der Waals surface area contributed by atoms with E-state index in [-0.39, 0.29) is 5.91 Å². The van der Waals surface area contributed by atoms with Gasteiger partial charge in [0.05, 0.1) is 5.00 Å². The molecule has 3 heteroatoms. The van der Waals surface area contributed by atoms with E-state index in [0.717, 1.165) is 23.4 Å². The molecule has 1 amide bonds. The summed E-state index contributed by atoms with van der Waals surface area (Å²) in [5.74, 6) is 0.0580. The van der Waals surface area contributed by atoms with Crippen LogP contribution in [0, 0.1) is 0 Å². The van der Waals surface area contributed by atoms with Gasteiger partial charge in [-0.3, -0.25) is 4.79 Å². The maximum Gasteiger partial charge on any atom is 0.225 e. The van der Waals surface area contributed by atoms with Crippen LogP contribution >= 0.6 is 11.3 Å². The fraction of sp³-hybridized carbons (Fsp3) is 0.160. The average Bonchev–Trinajstić information content (AvgIpc) is 3.20. The number of rotatable bonds is 6. The Labute approximate surface area is 169 Å². The minimum Gasteiger partial charge on any atom is -0.318 e. The lowest BCUT2D eigenvalue weighted by atomic mass is 10.0. The highest BCUT2D eigenvalue weighted by molar-refractivity contribution is 7.14. The molecule has 1 aromatic heterocycles. The normalized spacial score (nSPS) is 10.9. The van der Waals surface area contributed by atoms with Crippen molar-refractivity contribution in [2.24, 2.45) is 0 Å². The highest BCUT2D eigenvalue weighted by Crippen LogP contribution is 2.29. The Hall–Kier alpha value is -2.91. The predicted octanol–water partition coefficient (Wildman–Crippen LogP) is 6.70. The summed E-state index contributed by atoms with van der Waals surface area (Å²) in [4.78, 5) is 12.4. The third-order valence-electron chi connectivity index (χ3n) is 5.06. The summed E-state index contributed by atoms with van der Waals surface area (Å²) in [6.45, 7) is 2.16. The maximum absolute atomic E-state index is 12.4. The van der Waals surface area contributed by atoms with Crippen LogP contribution in [0.5, 0.6) is 0 Å². The van der Waals surface area contributed by atoms with E-state index in [9.17, 15) is 4.79 Å². The number of fused-ring (bicyclic) bond motifs is 1. The van der Waals surface area contributed by atoms with Crippen molar-refractivity contribution in [1.82, 2.24) is 0 Å². The van der Waals surface area contributed by atoms with E-state index >= 15 is 0 Å². The van der Waals surface area contributed by atoms with Crippen molar-refractivity contribution < 1.29 is 4.79 Å². The molecule has 0 saturated carbocycles. The minimum absolute atomic E-state index is 0.0580. The van der Waals surface area contributed by atoms with Crippen LogP contribution in [0.3, 0.4) is 0 Å². The molecular formula is C25H23NOS. The topological polar surface area (TPSA) is 29.1 Å². The molecule has 1 N–H and O–H groups in total. The first-order valence-corrected chi connectivity index (χ1v) is 10.6. The van der Waals surface area contributed by atoms with Gasteiger partial charge in [0.1, 0.15) is 0 Å². The number of carbonyl (C=O) groups excluding carboxylic acids is 1. The smallest absolute Gasteiger partial charge is 0.225 e. The summed E-state index contributed by atoms with van der Waals surface area (Å²) in [6, 6.07) is 25.3. The molecule has 4 rings (SSSR count). The van der Waals surface area contributed by atoms with Gasteiger partial charge in [-0.2, -0.15) is 0 Å². The SMILES string of the molecule is CCc1ccc(-c2csc(NC(=O)CCc3cccc4ccccc34)c2)cc1. The second-order valence-electron chi connectivity index (χ2n) is 6.94. The second kappa shape index (κ2) is 8.41. The van der Waals surface area contributed by atoms with Crippen LogP contribution < -0.4 is 5.32 Å². The molecule has 28 heavy (non-hydrogen) atoms. The van der Waals surface area contributed by atoms with E-state index in [4.69, 9.17) is 0 Å². The molecular weight excluding hydrogens is 362 g/mol. The molecule has 0 aliphatic carbocycles. The number of hydrogen-bond acceptors (Lipinski definition) is 2. The molecule has 3 aromatic carbocycles. The highest BCUT2D eigenvalue weighted by atomic mass is 32.1. The summed E-state index contributed by atoms with van der Waals surface area (Å²) < 4.78 is 0. The molecule has 0 atom stereocenters. The molecule has 0 saturated heterocycles. The van der Waals surface area contributed by atoms with Crippen molar-refractivity contribution in [2.45, 2.75) is 26.2 Å². The number of thiophene rings is 1. The molecule has 4 aromatic rings. The Bertz CT molecular complexity index is 1090. The molecule has 0 aliphatic rings. The Balaban J connectivity index is 1.39. The van der Waals surface area contributed by atoms with Gasteiger partial charge in [0.15, 0.2) is 0 Å². The number of nitrogens with one attached hydrogen (secondary N) is 1.